The predicted octanol–water partition coefficient (Wildman–Crippen LogP) is 5.08. The van der Waals surface area contributed by atoms with Crippen molar-refractivity contribution in [3.05, 3.63) is 57.3 Å². The van der Waals surface area contributed by atoms with Crippen LogP contribution >= 0.6 is 15.9 Å². The third-order valence-corrected chi connectivity index (χ3v) is 3.90. The van der Waals surface area contributed by atoms with Gasteiger partial charge in [-0.25, -0.2) is 4.39 Å². The fraction of sp³-hybridized carbons (Fsp3) is 0.250. The van der Waals surface area contributed by atoms with Crippen LogP contribution < -0.4 is 5.32 Å². The van der Waals surface area contributed by atoms with Crippen molar-refractivity contribution in [1.82, 2.24) is 0 Å². The maximum atomic E-state index is 13.4. The van der Waals surface area contributed by atoms with E-state index in [1.54, 1.807) is 12.1 Å². The van der Waals surface area contributed by atoms with Crippen LogP contribution in [0, 0.1) is 19.7 Å². The Kier molecular flexibility index (Phi) is 4.33. The normalized spacial score (nSPS) is 12.2. The van der Waals surface area contributed by atoms with Crippen molar-refractivity contribution in [2.45, 2.75) is 26.8 Å². The van der Waals surface area contributed by atoms with E-state index in [1.807, 2.05) is 32.9 Å². The van der Waals surface area contributed by atoms with E-state index < -0.39 is 0 Å². The van der Waals surface area contributed by atoms with Crippen molar-refractivity contribution in [3.8, 4) is 5.75 Å². The molecule has 0 fully saturated rings. The molecule has 0 saturated heterocycles. The van der Waals surface area contributed by atoms with E-state index in [9.17, 15) is 9.50 Å². The molecule has 2 N–H and O–H groups in total. The van der Waals surface area contributed by atoms with Crippen LogP contribution in [0.25, 0.3) is 0 Å². The second-order valence-electron chi connectivity index (χ2n) is 5.01. The van der Waals surface area contributed by atoms with Crippen molar-refractivity contribution in [3.63, 3.8) is 0 Å². The Hall–Kier alpha value is -1.55. The number of rotatable bonds is 3. The highest BCUT2D eigenvalue weighted by molar-refractivity contribution is 9.10. The van der Waals surface area contributed by atoms with E-state index >= 15 is 0 Å². The van der Waals surface area contributed by atoms with Crippen molar-refractivity contribution in [1.29, 1.82) is 0 Å². The molecular formula is C16H17BrFNO. The molecule has 20 heavy (non-hydrogen) atoms. The second kappa shape index (κ2) is 5.83. The first kappa shape index (κ1) is 14.9. The molecule has 0 amide bonds. The largest absolute Gasteiger partial charge is 0.508 e. The Morgan fingerprint density at radius 2 is 1.90 bits per heavy atom. The number of hydrogen-bond donors (Lipinski definition) is 2. The maximum Gasteiger partial charge on any atom is 0.137 e. The van der Waals surface area contributed by atoms with Gasteiger partial charge in [0.05, 0.1) is 10.5 Å². The fourth-order valence-corrected chi connectivity index (χ4v) is 2.48. The number of phenolic OH excluding ortho intramolecular Hbond substituents is 1. The Balaban J connectivity index is 2.27. The van der Waals surface area contributed by atoms with E-state index in [2.05, 4.69) is 21.2 Å². The Morgan fingerprint density at radius 3 is 2.55 bits per heavy atom. The van der Waals surface area contributed by atoms with Crippen molar-refractivity contribution in [2.75, 3.05) is 5.32 Å². The average molecular weight is 338 g/mol. The van der Waals surface area contributed by atoms with Gasteiger partial charge in [-0.05, 0) is 66.0 Å². The topological polar surface area (TPSA) is 32.3 Å². The Bertz CT molecular complexity index is 643. The van der Waals surface area contributed by atoms with Gasteiger partial charge in [-0.1, -0.05) is 12.1 Å². The number of nitrogens with one attached hydrogen (secondary N) is 1. The zero-order chi connectivity index (χ0) is 14.9. The minimum atomic E-state index is -0.279. The SMILES string of the molecule is Cc1ccc(C(C)Nc2cc(Br)c(F)cc2C)c(O)c1. The third-order valence-electron chi connectivity index (χ3n) is 3.29. The van der Waals surface area contributed by atoms with Gasteiger partial charge in [0.1, 0.15) is 11.6 Å². The highest BCUT2D eigenvalue weighted by atomic mass is 79.9. The van der Waals surface area contributed by atoms with Crippen LogP contribution in [0.5, 0.6) is 5.75 Å². The van der Waals surface area contributed by atoms with Crippen LogP contribution in [0.4, 0.5) is 10.1 Å². The first-order valence-corrected chi connectivity index (χ1v) is 7.19. The molecule has 0 aromatic heterocycles. The number of aryl methyl sites for hydroxylation is 2. The molecule has 0 spiro atoms. The zero-order valence-electron chi connectivity index (χ0n) is 11.7. The number of phenols is 1. The summed E-state index contributed by atoms with van der Waals surface area (Å²) in [5.41, 5.74) is 3.49. The summed E-state index contributed by atoms with van der Waals surface area (Å²) in [4.78, 5) is 0. The molecule has 1 atom stereocenters. The first-order chi connectivity index (χ1) is 9.38. The van der Waals surface area contributed by atoms with Gasteiger partial charge in [-0.3, -0.25) is 0 Å². The second-order valence-corrected chi connectivity index (χ2v) is 5.86. The quantitative estimate of drug-likeness (QED) is 0.818. The van der Waals surface area contributed by atoms with Gasteiger partial charge in [-0.2, -0.15) is 0 Å². The van der Waals surface area contributed by atoms with E-state index in [1.165, 1.54) is 6.07 Å². The number of hydrogen-bond acceptors (Lipinski definition) is 2. The summed E-state index contributed by atoms with van der Waals surface area (Å²) in [6.45, 7) is 5.74. The molecule has 0 aliphatic carbocycles. The average Bonchev–Trinajstić information content (AvgIpc) is 2.35. The van der Waals surface area contributed by atoms with Crippen molar-refractivity contribution in [2.24, 2.45) is 0 Å². The number of halogens is 2. The Morgan fingerprint density at radius 1 is 1.20 bits per heavy atom. The molecule has 0 saturated carbocycles. The van der Waals surface area contributed by atoms with Crippen LogP contribution in [0.2, 0.25) is 0 Å². The molecule has 4 heteroatoms. The lowest BCUT2D eigenvalue weighted by Gasteiger charge is -2.19. The molecule has 0 radical (unpaired) electrons. The van der Waals surface area contributed by atoms with Gasteiger partial charge in [0.15, 0.2) is 0 Å². The Labute approximate surface area is 126 Å². The van der Waals surface area contributed by atoms with Gasteiger partial charge >= 0.3 is 0 Å². The van der Waals surface area contributed by atoms with Crippen LogP contribution in [0.1, 0.15) is 29.7 Å². The summed E-state index contributed by atoms with van der Waals surface area (Å²) >= 11 is 3.19. The van der Waals surface area contributed by atoms with E-state index in [4.69, 9.17) is 0 Å². The van der Waals surface area contributed by atoms with Crippen molar-refractivity contribution >= 4 is 21.6 Å². The summed E-state index contributed by atoms with van der Waals surface area (Å²) in [6.07, 6.45) is 0. The lowest BCUT2D eigenvalue weighted by Crippen LogP contribution is -2.08. The minimum Gasteiger partial charge on any atom is -0.508 e. The lowest BCUT2D eigenvalue weighted by molar-refractivity contribution is 0.465. The minimum absolute atomic E-state index is 0.0772. The summed E-state index contributed by atoms with van der Waals surface area (Å²) < 4.78 is 13.8. The zero-order valence-corrected chi connectivity index (χ0v) is 13.3. The van der Waals surface area contributed by atoms with Crippen LogP contribution in [-0.2, 0) is 0 Å². The summed E-state index contributed by atoms with van der Waals surface area (Å²) in [6, 6.07) is 8.71. The van der Waals surface area contributed by atoms with Gasteiger partial charge < -0.3 is 10.4 Å². The molecule has 0 heterocycles. The molecule has 1 unspecified atom stereocenters. The molecular weight excluding hydrogens is 321 g/mol. The van der Waals surface area contributed by atoms with Crippen molar-refractivity contribution < 1.29 is 9.50 Å². The molecule has 2 aromatic carbocycles. The standard InChI is InChI=1S/C16H17BrFNO/c1-9-4-5-12(16(20)6-9)11(3)19-15-8-13(17)14(18)7-10(15)2/h4-8,11,19-20H,1-3H3. The van der Waals surface area contributed by atoms with Crippen LogP contribution in [0.3, 0.4) is 0 Å². The van der Waals surface area contributed by atoms with Gasteiger partial charge in [-0.15, -0.1) is 0 Å². The fourth-order valence-electron chi connectivity index (χ4n) is 2.13. The first-order valence-electron chi connectivity index (χ1n) is 6.40. The molecule has 0 aliphatic rings. The monoisotopic (exact) mass is 337 g/mol. The number of aromatic hydroxyl groups is 1. The highest BCUT2D eigenvalue weighted by Crippen LogP contribution is 2.31. The van der Waals surface area contributed by atoms with Crippen LogP contribution in [-0.4, -0.2) is 5.11 Å². The van der Waals surface area contributed by atoms with E-state index in [-0.39, 0.29) is 17.6 Å². The molecule has 0 aliphatic heterocycles. The van der Waals surface area contributed by atoms with Gasteiger partial charge in [0, 0.05) is 11.3 Å². The van der Waals surface area contributed by atoms with Gasteiger partial charge in [0.2, 0.25) is 0 Å². The van der Waals surface area contributed by atoms with E-state index in [0.29, 0.717) is 4.47 Å². The van der Waals surface area contributed by atoms with E-state index in [0.717, 1.165) is 22.4 Å². The smallest absolute Gasteiger partial charge is 0.137 e. The summed E-state index contributed by atoms with van der Waals surface area (Å²) in [7, 11) is 0. The molecule has 2 aromatic rings. The molecule has 106 valence electrons. The van der Waals surface area contributed by atoms with Crippen LogP contribution in [0.15, 0.2) is 34.8 Å². The molecule has 0 bridgehead atoms. The highest BCUT2D eigenvalue weighted by Gasteiger charge is 2.12. The predicted molar refractivity (Wildman–Crippen MR) is 83.7 cm³/mol. The number of benzene rings is 2. The third kappa shape index (κ3) is 3.12. The lowest BCUT2D eigenvalue weighted by atomic mass is 10.0. The summed E-state index contributed by atoms with van der Waals surface area (Å²) in [5, 5.41) is 13.3. The maximum absolute atomic E-state index is 13.4. The van der Waals surface area contributed by atoms with Gasteiger partial charge in [0.25, 0.3) is 0 Å². The summed E-state index contributed by atoms with van der Waals surface area (Å²) in [5.74, 6) is -0.0114. The number of anilines is 1. The molecule has 2 nitrogen and oxygen atoms in total. The molecule has 2 rings (SSSR count).